The zero-order valence-electron chi connectivity index (χ0n) is 9.87. The molecule has 0 atom stereocenters. The number of aliphatic hydroxyl groups excluding tert-OH is 1. The van der Waals surface area contributed by atoms with Gasteiger partial charge in [-0.05, 0) is 18.6 Å². The summed E-state index contributed by atoms with van der Waals surface area (Å²) in [6, 6.07) is 3.82. The SMILES string of the molecule is CCCCn1nnc(CO)c1-c1cccnc1. The number of aromatic nitrogens is 4. The van der Waals surface area contributed by atoms with Gasteiger partial charge in [-0.1, -0.05) is 18.6 Å². The van der Waals surface area contributed by atoms with Gasteiger partial charge in [0, 0.05) is 24.5 Å². The van der Waals surface area contributed by atoms with Crippen molar-refractivity contribution in [1.82, 2.24) is 20.0 Å². The van der Waals surface area contributed by atoms with E-state index in [9.17, 15) is 5.11 Å². The Bertz CT molecular complexity index is 467. The first-order valence-electron chi connectivity index (χ1n) is 5.80. The molecular formula is C12H16N4O. The molecule has 0 aliphatic rings. The maximum atomic E-state index is 9.28. The molecule has 2 rings (SSSR count). The van der Waals surface area contributed by atoms with Gasteiger partial charge >= 0.3 is 0 Å². The third-order valence-corrected chi connectivity index (χ3v) is 2.61. The monoisotopic (exact) mass is 232 g/mol. The summed E-state index contributed by atoms with van der Waals surface area (Å²) < 4.78 is 1.84. The zero-order valence-corrected chi connectivity index (χ0v) is 9.87. The quantitative estimate of drug-likeness (QED) is 0.851. The van der Waals surface area contributed by atoms with Crippen LogP contribution in [0, 0.1) is 0 Å². The Morgan fingerprint density at radius 1 is 1.41 bits per heavy atom. The second-order valence-electron chi connectivity index (χ2n) is 3.86. The summed E-state index contributed by atoms with van der Waals surface area (Å²) in [5.41, 5.74) is 2.42. The van der Waals surface area contributed by atoms with Crippen LogP contribution in [0.1, 0.15) is 25.5 Å². The summed E-state index contributed by atoms with van der Waals surface area (Å²) in [6.07, 6.45) is 5.63. The molecule has 5 heteroatoms. The Hall–Kier alpha value is -1.75. The molecule has 2 aromatic heterocycles. The van der Waals surface area contributed by atoms with E-state index < -0.39 is 0 Å². The van der Waals surface area contributed by atoms with Crippen LogP contribution in [0.5, 0.6) is 0 Å². The molecule has 2 heterocycles. The third kappa shape index (κ3) is 2.50. The van der Waals surface area contributed by atoms with E-state index in [1.807, 2.05) is 16.8 Å². The van der Waals surface area contributed by atoms with Crippen LogP contribution < -0.4 is 0 Å². The van der Waals surface area contributed by atoms with Gasteiger partial charge in [-0.15, -0.1) is 5.10 Å². The van der Waals surface area contributed by atoms with E-state index in [0.717, 1.165) is 30.6 Å². The van der Waals surface area contributed by atoms with Crippen LogP contribution in [0.4, 0.5) is 0 Å². The number of hydrogen-bond donors (Lipinski definition) is 1. The van der Waals surface area contributed by atoms with E-state index in [4.69, 9.17) is 0 Å². The Morgan fingerprint density at radius 3 is 2.94 bits per heavy atom. The molecule has 0 aliphatic heterocycles. The largest absolute Gasteiger partial charge is 0.390 e. The van der Waals surface area contributed by atoms with Crippen LogP contribution in [-0.4, -0.2) is 25.1 Å². The van der Waals surface area contributed by atoms with Gasteiger partial charge in [0.1, 0.15) is 5.69 Å². The summed E-state index contributed by atoms with van der Waals surface area (Å²) in [5, 5.41) is 17.4. The van der Waals surface area contributed by atoms with Gasteiger partial charge < -0.3 is 5.11 Å². The Morgan fingerprint density at radius 2 is 2.29 bits per heavy atom. The Kier molecular flexibility index (Phi) is 3.82. The van der Waals surface area contributed by atoms with Gasteiger partial charge in [-0.25, -0.2) is 4.68 Å². The van der Waals surface area contributed by atoms with Crippen molar-refractivity contribution in [3.63, 3.8) is 0 Å². The molecule has 0 unspecified atom stereocenters. The molecule has 0 radical (unpaired) electrons. The van der Waals surface area contributed by atoms with E-state index in [0.29, 0.717) is 5.69 Å². The Labute approximate surface area is 100 Å². The molecule has 0 fully saturated rings. The lowest BCUT2D eigenvalue weighted by Crippen LogP contribution is -2.03. The summed E-state index contributed by atoms with van der Waals surface area (Å²) in [7, 11) is 0. The van der Waals surface area contributed by atoms with E-state index in [1.54, 1.807) is 12.4 Å². The molecular weight excluding hydrogens is 216 g/mol. The van der Waals surface area contributed by atoms with Gasteiger partial charge in [0.25, 0.3) is 0 Å². The average Bonchev–Trinajstić information content (AvgIpc) is 2.80. The van der Waals surface area contributed by atoms with Crippen molar-refractivity contribution >= 4 is 0 Å². The van der Waals surface area contributed by atoms with Crippen LogP contribution in [0.15, 0.2) is 24.5 Å². The highest BCUT2D eigenvalue weighted by Gasteiger charge is 2.13. The van der Waals surface area contributed by atoms with Crippen molar-refractivity contribution < 1.29 is 5.11 Å². The zero-order chi connectivity index (χ0) is 12.1. The van der Waals surface area contributed by atoms with Crippen molar-refractivity contribution in [3.05, 3.63) is 30.2 Å². The minimum atomic E-state index is -0.101. The topological polar surface area (TPSA) is 63.8 Å². The lowest BCUT2D eigenvalue weighted by molar-refractivity contribution is 0.277. The third-order valence-electron chi connectivity index (χ3n) is 2.61. The van der Waals surface area contributed by atoms with Gasteiger partial charge in [0.15, 0.2) is 0 Å². The summed E-state index contributed by atoms with van der Waals surface area (Å²) in [4.78, 5) is 4.09. The lowest BCUT2D eigenvalue weighted by atomic mass is 10.1. The van der Waals surface area contributed by atoms with Gasteiger partial charge in [0.2, 0.25) is 0 Å². The van der Waals surface area contributed by atoms with E-state index in [1.165, 1.54) is 0 Å². The summed E-state index contributed by atoms with van der Waals surface area (Å²) in [5.74, 6) is 0. The molecule has 0 spiro atoms. The van der Waals surface area contributed by atoms with E-state index in [2.05, 4.69) is 22.2 Å². The fraction of sp³-hybridized carbons (Fsp3) is 0.417. The van der Waals surface area contributed by atoms with Crippen molar-refractivity contribution in [2.75, 3.05) is 0 Å². The highest BCUT2D eigenvalue weighted by molar-refractivity contribution is 5.60. The highest BCUT2D eigenvalue weighted by Crippen LogP contribution is 2.21. The number of pyridine rings is 1. The highest BCUT2D eigenvalue weighted by atomic mass is 16.3. The van der Waals surface area contributed by atoms with Crippen LogP contribution in [0.25, 0.3) is 11.3 Å². The smallest absolute Gasteiger partial charge is 0.116 e. The van der Waals surface area contributed by atoms with Gasteiger partial charge in [-0.3, -0.25) is 4.98 Å². The molecule has 0 bridgehead atoms. The fourth-order valence-electron chi connectivity index (χ4n) is 1.74. The first-order chi connectivity index (χ1) is 8.36. The normalized spacial score (nSPS) is 10.7. The van der Waals surface area contributed by atoms with Crippen LogP contribution in [0.2, 0.25) is 0 Å². The maximum absolute atomic E-state index is 9.28. The number of unbranched alkanes of at least 4 members (excludes halogenated alkanes) is 1. The average molecular weight is 232 g/mol. The second-order valence-corrected chi connectivity index (χ2v) is 3.86. The molecule has 0 amide bonds. The first-order valence-corrected chi connectivity index (χ1v) is 5.80. The van der Waals surface area contributed by atoms with Gasteiger partial charge in [-0.2, -0.15) is 0 Å². The van der Waals surface area contributed by atoms with Crippen molar-refractivity contribution in [2.45, 2.75) is 32.9 Å². The van der Waals surface area contributed by atoms with Crippen molar-refractivity contribution in [2.24, 2.45) is 0 Å². The number of rotatable bonds is 5. The fourth-order valence-corrected chi connectivity index (χ4v) is 1.74. The minimum Gasteiger partial charge on any atom is -0.390 e. The maximum Gasteiger partial charge on any atom is 0.116 e. The number of aryl methyl sites for hydroxylation is 1. The number of hydrogen-bond acceptors (Lipinski definition) is 4. The number of aliphatic hydroxyl groups is 1. The molecule has 0 saturated carbocycles. The summed E-state index contributed by atoms with van der Waals surface area (Å²) in [6.45, 7) is 2.84. The standard InChI is InChI=1S/C12H16N4O/c1-2-3-7-16-12(11(9-17)14-15-16)10-5-4-6-13-8-10/h4-6,8,17H,2-3,7,9H2,1H3. The van der Waals surface area contributed by atoms with Crippen LogP contribution >= 0.6 is 0 Å². The molecule has 17 heavy (non-hydrogen) atoms. The molecule has 0 aliphatic carbocycles. The van der Waals surface area contributed by atoms with Crippen molar-refractivity contribution in [1.29, 1.82) is 0 Å². The molecule has 90 valence electrons. The first kappa shape index (κ1) is 11.7. The van der Waals surface area contributed by atoms with Crippen LogP contribution in [-0.2, 0) is 13.2 Å². The lowest BCUT2D eigenvalue weighted by Gasteiger charge is -2.06. The number of nitrogens with zero attached hydrogens (tertiary/aromatic N) is 4. The summed E-state index contributed by atoms with van der Waals surface area (Å²) >= 11 is 0. The van der Waals surface area contributed by atoms with E-state index >= 15 is 0 Å². The van der Waals surface area contributed by atoms with Crippen LogP contribution in [0.3, 0.4) is 0 Å². The predicted octanol–water partition coefficient (Wildman–Crippen LogP) is 1.63. The Balaban J connectivity index is 2.39. The minimum absolute atomic E-state index is 0.101. The molecule has 0 saturated heterocycles. The molecule has 5 nitrogen and oxygen atoms in total. The predicted molar refractivity (Wildman–Crippen MR) is 64.1 cm³/mol. The van der Waals surface area contributed by atoms with E-state index in [-0.39, 0.29) is 6.61 Å². The molecule has 0 aromatic carbocycles. The molecule has 2 aromatic rings. The van der Waals surface area contributed by atoms with Gasteiger partial charge in [0.05, 0.1) is 12.3 Å². The second kappa shape index (κ2) is 5.54. The molecule has 1 N–H and O–H groups in total. The van der Waals surface area contributed by atoms with Crippen molar-refractivity contribution in [3.8, 4) is 11.3 Å².